The van der Waals surface area contributed by atoms with Crippen molar-refractivity contribution >= 4 is 5.91 Å². The maximum Gasteiger partial charge on any atom is 0.242 e. The number of hydrogen-bond acceptors (Lipinski definition) is 3. The van der Waals surface area contributed by atoms with Gasteiger partial charge in [-0.15, -0.1) is 0 Å². The third-order valence-corrected chi connectivity index (χ3v) is 2.86. The van der Waals surface area contributed by atoms with Crippen LogP contribution in [0.2, 0.25) is 0 Å². The maximum atomic E-state index is 12.3. The van der Waals surface area contributed by atoms with Crippen LogP contribution >= 0.6 is 0 Å². The summed E-state index contributed by atoms with van der Waals surface area (Å²) in [6.07, 6.45) is 0.532. The Labute approximate surface area is 105 Å². The number of ether oxygens (including phenoxy) is 1. The Kier molecular flexibility index (Phi) is 6.82. The highest BCUT2D eigenvalue weighted by Crippen LogP contribution is 2.23. The zero-order valence-corrected chi connectivity index (χ0v) is 11.6. The van der Waals surface area contributed by atoms with Gasteiger partial charge in [-0.2, -0.15) is 5.26 Å². The van der Waals surface area contributed by atoms with Gasteiger partial charge in [-0.3, -0.25) is 4.79 Å². The zero-order valence-electron chi connectivity index (χ0n) is 11.6. The highest BCUT2D eigenvalue weighted by molar-refractivity contribution is 5.85. The lowest BCUT2D eigenvalue weighted by Crippen LogP contribution is -2.44. The van der Waals surface area contributed by atoms with Crippen molar-refractivity contribution in [2.24, 2.45) is 11.3 Å². The van der Waals surface area contributed by atoms with Crippen molar-refractivity contribution in [2.45, 2.75) is 34.1 Å². The van der Waals surface area contributed by atoms with Gasteiger partial charge in [-0.25, -0.2) is 0 Å². The summed E-state index contributed by atoms with van der Waals surface area (Å²) in [5.74, 6) is 0.295. The predicted molar refractivity (Wildman–Crippen MR) is 67.3 cm³/mol. The summed E-state index contributed by atoms with van der Waals surface area (Å²) in [7, 11) is 1.61. The first-order valence-electron chi connectivity index (χ1n) is 6.10. The molecule has 17 heavy (non-hydrogen) atoms. The van der Waals surface area contributed by atoms with Crippen LogP contribution in [0.25, 0.3) is 0 Å². The fourth-order valence-corrected chi connectivity index (χ4v) is 1.55. The van der Waals surface area contributed by atoms with Gasteiger partial charge in [0.1, 0.15) is 5.41 Å². The molecule has 1 amide bonds. The van der Waals surface area contributed by atoms with Crippen molar-refractivity contribution in [3.8, 4) is 6.07 Å². The third-order valence-electron chi connectivity index (χ3n) is 2.86. The normalized spacial score (nSPS) is 14.2. The molecule has 0 aliphatic carbocycles. The zero-order chi connectivity index (χ0) is 13.5. The minimum absolute atomic E-state index is 0.0896. The number of carbonyl (C=O) groups excluding carboxylic acids is 1. The lowest BCUT2D eigenvalue weighted by atomic mass is 9.87. The SMILES string of the molecule is CCC(C)(C#N)C(=O)N(CCOC)CC(C)C. The van der Waals surface area contributed by atoms with Gasteiger partial charge in [-0.1, -0.05) is 20.8 Å². The lowest BCUT2D eigenvalue weighted by Gasteiger charge is -2.30. The summed E-state index contributed by atoms with van der Waals surface area (Å²) in [6, 6.07) is 2.13. The molecule has 0 bridgehead atoms. The summed E-state index contributed by atoms with van der Waals surface area (Å²) < 4.78 is 5.01. The number of nitriles is 1. The number of hydrogen-bond donors (Lipinski definition) is 0. The van der Waals surface area contributed by atoms with E-state index in [-0.39, 0.29) is 5.91 Å². The molecular formula is C13H24N2O2. The Bertz CT molecular complexity index is 284. The molecule has 0 aromatic carbocycles. The van der Waals surface area contributed by atoms with Crippen LogP contribution in [0.3, 0.4) is 0 Å². The average Bonchev–Trinajstić information content (AvgIpc) is 2.32. The number of rotatable bonds is 7. The van der Waals surface area contributed by atoms with E-state index in [1.807, 2.05) is 6.92 Å². The summed E-state index contributed by atoms with van der Waals surface area (Å²) in [5, 5.41) is 9.14. The number of carbonyl (C=O) groups is 1. The average molecular weight is 240 g/mol. The highest BCUT2D eigenvalue weighted by atomic mass is 16.5. The molecule has 4 heteroatoms. The summed E-state index contributed by atoms with van der Waals surface area (Å²) in [4.78, 5) is 14.1. The Morgan fingerprint density at radius 1 is 1.53 bits per heavy atom. The number of amides is 1. The molecule has 4 nitrogen and oxygen atoms in total. The van der Waals surface area contributed by atoms with Gasteiger partial charge in [0.25, 0.3) is 0 Å². The Balaban J connectivity index is 4.79. The first kappa shape index (κ1) is 15.9. The van der Waals surface area contributed by atoms with E-state index in [2.05, 4.69) is 19.9 Å². The minimum Gasteiger partial charge on any atom is -0.383 e. The maximum absolute atomic E-state index is 12.3. The largest absolute Gasteiger partial charge is 0.383 e. The fraction of sp³-hybridized carbons (Fsp3) is 0.846. The van der Waals surface area contributed by atoms with Crippen molar-refractivity contribution in [2.75, 3.05) is 26.8 Å². The second kappa shape index (κ2) is 7.29. The van der Waals surface area contributed by atoms with E-state index in [1.54, 1.807) is 18.9 Å². The van der Waals surface area contributed by atoms with E-state index in [9.17, 15) is 4.79 Å². The van der Waals surface area contributed by atoms with Gasteiger partial charge in [0.15, 0.2) is 0 Å². The fourth-order valence-electron chi connectivity index (χ4n) is 1.55. The smallest absolute Gasteiger partial charge is 0.242 e. The summed E-state index contributed by atoms with van der Waals surface area (Å²) >= 11 is 0. The number of methoxy groups -OCH3 is 1. The van der Waals surface area contributed by atoms with Gasteiger partial charge in [0.2, 0.25) is 5.91 Å². The van der Waals surface area contributed by atoms with Crippen molar-refractivity contribution in [1.29, 1.82) is 5.26 Å². The topological polar surface area (TPSA) is 53.3 Å². The monoisotopic (exact) mass is 240 g/mol. The standard InChI is InChI=1S/C13H24N2O2/c1-6-13(4,10-14)12(16)15(7-8-17-5)9-11(2)3/h11H,6-9H2,1-5H3. The first-order chi connectivity index (χ1) is 7.91. The molecule has 0 rings (SSSR count). The van der Waals surface area contributed by atoms with Gasteiger partial charge in [-0.05, 0) is 19.3 Å². The Hall–Kier alpha value is -1.08. The summed E-state index contributed by atoms with van der Waals surface area (Å²) in [6.45, 7) is 9.40. The van der Waals surface area contributed by atoms with Crippen LogP contribution in [-0.2, 0) is 9.53 Å². The highest BCUT2D eigenvalue weighted by Gasteiger charge is 2.35. The van der Waals surface area contributed by atoms with Crippen molar-refractivity contribution < 1.29 is 9.53 Å². The van der Waals surface area contributed by atoms with Crippen LogP contribution < -0.4 is 0 Å². The van der Waals surface area contributed by atoms with E-state index < -0.39 is 5.41 Å². The molecule has 0 aromatic heterocycles. The van der Waals surface area contributed by atoms with E-state index in [0.29, 0.717) is 32.0 Å². The van der Waals surface area contributed by atoms with Gasteiger partial charge < -0.3 is 9.64 Å². The molecule has 0 heterocycles. The molecule has 0 N–H and O–H groups in total. The van der Waals surface area contributed by atoms with Crippen LogP contribution in [0.4, 0.5) is 0 Å². The van der Waals surface area contributed by atoms with Gasteiger partial charge in [0, 0.05) is 20.2 Å². The second-order valence-corrected chi connectivity index (χ2v) is 4.94. The van der Waals surface area contributed by atoms with Crippen LogP contribution in [0.15, 0.2) is 0 Å². The molecule has 1 atom stereocenters. The minimum atomic E-state index is -0.914. The van der Waals surface area contributed by atoms with Crippen molar-refractivity contribution in [3.63, 3.8) is 0 Å². The van der Waals surface area contributed by atoms with Gasteiger partial charge >= 0.3 is 0 Å². The molecular weight excluding hydrogens is 216 g/mol. The van der Waals surface area contributed by atoms with Crippen LogP contribution in [0, 0.1) is 22.7 Å². The molecule has 0 radical (unpaired) electrons. The molecule has 0 aliphatic heterocycles. The quantitative estimate of drug-likeness (QED) is 0.684. The third kappa shape index (κ3) is 4.74. The van der Waals surface area contributed by atoms with Crippen LogP contribution in [0.1, 0.15) is 34.1 Å². The van der Waals surface area contributed by atoms with Crippen molar-refractivity contribution in [1.82, 2.24) is 4.90 Å². The Morgan fingerprint density at radius 2 is 2.12 bits per heavy atom. The molecule has 0 saturated heterocycles. The molecule has 0 saturated carbocycles. The van der Waals surface area contributed by atoms with E-state index in [1.165, 1.54) is 0 Å². The number of nitrogens with zero attached hydrogens (tertiary/aromatic N) is 2. The second-order valence-electron chi connectivity index (χ2n) is 4.94. The summed E-state index contributed by atoms with van der Waals surface area (Å²) in [5.41, 5.74) is -0.914. The molecule has 0 fully saturated rings. The Morgan fingerprint density at radius 3 is 2.47 bits per heavy atom. The van der Waals surface area contributed by atoms with Gasteiger partial charge in [0.05, 0.1) is 12.7 Å². The predicted octanol–water partition coefficient (Wildman–Crippen LogP) is 2.06. The molecule has 0 aliphatic rings. The molecule has 0 aromatic rings. The van der Waals surface area contributed by atoms with E-state index in [4.69, 9.17) is 10.00 Å². The lowest BCUT2D eigenvalue weighted by molar-refractivity contribution is -0.139. The molecule has 98 valence electrons. The van der Waals surface area contributed by atoms with Crippen LogP contribution in [-0.4, -0.2) is 37.6 Å². The molecule has 1 unspecified atom stereocenters. The van der Waals surface area contributed by atoms with E-state index >= 15 is 0 Å². The first-order valence-corrected chi connectivity index (χ1v) is 6.10. The molecule has 0 spiro atoms. The van der Waals surface area contributed by atoms with E-state index in [0.717, 1.165) is 0 Å². The van der Waals surface area contributed by atoms with Crippen molar-refractivity contribution in [3.05, 3.63) is 0 Å². The van der Waals surface area contributed by atoms with Crippen LogP contribution in [0.5, 0.6) is 0 Å².